The molecule has 3 rings (SSSR count). The lowest BCUT2D eigenvalue weighted by molar-refractivity contribution is 0.123. The minimum Gasteiger partial charge on any atom is -0.472 e. The third kappa shape index (κ3) is 4.39. The first kappa shape index (κ1) is 19.6. The van der Waals surface area contributed by atoms with Crippen LogP contribution in [0.25, 0.3) is 0 Å². The van der Waals surface area contributed by atoms with Crippen LogP contribution in [0.5, 0.6) is 5.88 Å². The third-order valence-corrected chi connectivity index (χ3v) is 6.69. The van der Waals surface area contributed by atoms with Crippen molar-refractivity contribution >= 4 is 15.8 Å². The fraction of sp³-hybridized carbons (Fsp3) is 0.474. The minimum atomic E-state index is -3.54. The van der Waals surface area contributed by atoms with Crippen molar-refractivity contribution < 1.29 is 13.2 Å². The molecule has 1 saturated heterocycles. The second-order valence-corrected chi connectivity index (χ2v) is 9.04. The van der Waals surface area contributed by atoms with Gasteiger partial charge in [-0.3, -0.25) is 0 Å². The van der Waals surface area contributed by atoms with Crippen molar-refractivity contribution in [3.05, 3.63) is 41.5 Å². The Labute approximate surface area is 161 Å². The van der Waals surface area contributed by atoms with Crippen LogP contribution >= 0.6 is 0 Å². The summed E-state index contributed by atoms with van der Waals surface area (Å²) < 4.78 is 33.6. The van der Waals surface area contributed by atoms with Gasteiger partial charge in [0.05, 0.1) is 11.4 Å². The SMILES string of the molecule is Cc1ccc(S(=O)(=O)N2CCCC(Oc3ccc(N(C)C)nn3)C2)c(C)c1. The van der Waals surface area contributed by atoms with Gasteiger partial charge in [-0.15, -0.1) is 10.2 Å². The predicted molar refractivity (Wildman–Crippen MR) is 105 cm³/mol. The molecule has 0 amide bonds. The monoisotopic (exact) mass is 390 g/mol. The second-order valence-electron chi connectivity index (χ2n) is 7.14. The van der Waals surface area contributed by atoms with E-state index in [0.717, 1.165) is 29.8 Å². The average Bonchev–Trinajstić information content (AvgIpc) is 2.62. The normalized spacial score (nSPS) is 18.3. The fourth-order valence-electron chi connectivity index (χ4n) is 3.23. The van der Waals surface area contributed by atoms with Crippen LogP contribution in [-0.2, 0) is 10.0 Å². The molecule has 1 aromatic carbocycles. The minimum absolute atomic E-state index is 0.237. The summed E-state index contributed by atoms with van der Waals surface area (Å²) in [7, 11) is 0.239. The zero-order valence-electron chi connectivity index (χ0n) is 16.2. The number of sulfonamides is 1. The summed E-state index contributed by atoms with van der Waals surface area (Å²) in [6.45, 7) is 4.60. The largest absolute Gasteiger partial charge is 0.472 e. The number of ether oxygens (including phenoxy) is 1. The summed E-state index contributed by atoms with van der Waals surface area (Å²) in [5, 5.41) is 8.18. The van der Waals surface area contributed by atoms with Crippen LogP contribution in [-0.4, -0.2) is 56.2 Å². The van der Waals surface area contributed by atoms with Gasteiger partial charge in [0.1, 0.15) is 6.10 Å². The quantitative estimate of drug-likeness (QED) is 0.780. The fourth-order valence-corrected chi connectivity index (χ4v) is 4.95. The molecule has 1 aliphatic rings. The van der Waals surface area contributed by atoms with Gasteiger partial charge in [-0.1, -0.05) is 17.7 Å². The first-order valence-corrected chi connectivity index (χ1v) is 10.5. The van der Waals surface area contributed by atoms with Crippen molar-refractivity contribution in [3.63, 3.8) is 0 Å². The molecule has 7 nitrogen and oxygen atoms in total. The standard InChI is InChI=1S/C19H26N4O3S/c1-14-7-8-17(15(2)12-14)27(24,25)23-11-5-6-16(13-23)26-19-10-9-18(20-21-19)22(3)4/h7-10,12,16H,5-6,11,13H2,1-4H3. The molecule has 27 heavy (non-hydrogen) atoms. The van der Waals surface area contributed by atoms with Crippen LogP contribution in [0.4, 0.5) is 5.82 Å². The number of aryl methyl sites for hydroxylation is 2. The van der Waals surface area contributed by atoms with E-state index in [1.165, 1.54) is 4.31 Å². The summed E-state index contributed by atoms with van der Waals surface area (Å²) in [6.07, 6.45) is 1.30. The molecule has 1 unspecified atom stereocenters. The van der Waals surface area contributed by atoms with E-state index in [9.17, 15) is 8.42 Å². The predicted octanol–water partition coefficient (Wildman–Crippen LogP) is 2.39. The van der Waals surface area contributed by atoms with Gasteiger partial charge in [0.25, 0.3) is 0 Å². The van der Waals surface area contributed by atoms with E-state index in [4.69, 9.17) is 4.74 Å². The highest BCUT2D eigenvalue weighted by Gasteiger charge is 2.32. The van der Waals surface area contributed by atoms with Gasteiger partial charge in [0.2, 0.25) is 15.9 Å². The zero-order valence-corrected chi connectivity index (χ0v) is 17.0. The Morgan fingerprint density at radius 2 is 1.93 bits per heavy atom. The molecule has 1 aromatic heterocycles. The average molecular weight is 391 g/mol. The van der Waals surface area contributed by atoms with Crippen molar-refractivity contribution in [1.29, 1.82) is 0 Å². The van der Waals surface area contributed by atoms with Crippen LogP contribution < -0.4 is 9.64 Å². The Bertz CT molecular complexity index is 898. The molecular formula is C19H26N4O3S. The summed E-state index contributed by atoms with van der Waals surface area (Å²) in [5.41, 5.74) is 1.81. The molecule has 2 heterocycles. The maximum Gasteiger partial charge on any atom is 0.243 e. The molecule has 0 aliphatic carbocycles. The van der Waals surface area contributed by atoms with Crippen LogP contribution in [0.1, 0.15) is 24.0 Å². The van der Waals surface area contributed by atoms with Gasteiger partial charge < -0.3 is 9.64 Å². The number of nitrogens with zero attached hydrogens (tertiary/aromatic N) is 4. The lowest BCUT2D eigenvalue weighted by atomic mass is 10.1. The topological polar surface area (TPSA) is 75.6 Å². The number of anilines is 1. The van der Waals surface area contributed by atoms with Crippen molar-refractivity contribution in [2.45, 2.75) is 37.7 Å². The van der Waals surface area contributed by atoms with Gasteiger partial charge in [-0.25, -0.2) is 8.42 Å². The second kappa shape index (κ2) is 7.82. The van der Waals surface area contributed by atoms with E-state index in [2.05, 4.69) is 10.2 Å². The molecule has 1 atom stereocenters. The van der Waals surface area contributed by atoms with Gasteiger partial charge >= 0.3 is 0 Å². The van der Waals surface area contributed by atoms with Gasteiger partial charge in [-0.05, 0) is 44.4 Å². The first-order valence-electron chi connectivity index (χ1n) is 9.02. The molecule has 1 fully saturated rings. The molecular weight excluding hydrogens is 364 g/mol. The van der Waals surface area contributed by atoms with Crippen molar-refractivity contribution in [1.82, 2.24) is 14.5 Å². The summed E-state index contributed by atoms with van der Waals surface area (Å²) in [6, 6.07) is 9.01. The van der Waals surface area contributed by atoms with Crippen LogP contribution in [0, 0.1) is 13.8 Å². The smallest absolute Gasteiger partial charge is 0.243 e. The van der Waals surface area contributed by atoms with E-state index in [1.54, 1.807) is 12.1 Å². The molecule has 0 spiro atoms. The molecule has 0 bridgehead atoms. The number of rotatable bonds is 5. The van der Waals surface area contributed by atoms with Crippen LogP contribution in [0.15, 0.2) is 35.2 Å². The zero-order chi connectivity index (χ0) is 19.6. The number of piperidine rings is 1. The summed E-state index contributed by atoms with van der Waals surface area (Å²) in [5.74, 6) is 1.15. The molecule has 1 aliphatic heterocycles. The number of hydrogen-bond acceptors (Lipinski definition) is 6. The van der Waals surface area contributed by atoms with Crippen molar-refractivity contribution in [2.75, 3.05) is 32.1 Å². The Morgan fingerprint density at radius 1 is 1.15 bits per heavy atom. The van der Waals surface area contributed by atoms with Gasteiger partial charge in [0.15, 0.2) is 5.82 Å². The highest BCUT2D eigenvalue weighted by Crippen LogP contribution is 2.25. The van der Waals surface area contributed by atoms with E-state index in [-0.39, 0.29) is 6.10 Å². The highest BCUT2D eigenvalue weighted by atomic mass is 32.2. The van der Waals surface area contributed by atoms with E-state index in [0.29, 0.717) is 23.9 Å². The number of benzene rings is 1. The summed E-state index contributed by atoms with van der Waals surface area (Å²) >= 11 is 0. The molecule has 146 valence electrons. The number of hydrogen-bond donors (Lipinski definition) is 0. The summed E-state index contributed by atoms with van der Waals surface area (Å²) in [4.78, 5) is 2.22. The molecule has 8 heteroatoms. The Morgan fingerprint density at radius 3 is 2.56 bits per heavy atom. The Hall–Kier alpha value is -2.19. The van der Waals surface area contributed by atoms with Crippen molar-refractivity contribution in [2.24, 2.45) is 0 Å². The number of aromatic nitrogens is 2. The molecule has 0 radical (unpaired) electrons. The molecule has 0 saturated carbocycles. The Kier molecular flexibility index (Phi) is 5.67. The molecule has 2 aromatic rings. The van der Waals surface area contributed by atoms with E-state index in [1.807, 2.05) is 51.0 Å². The first-order chi connectivity index (χ1) is 12.8. The lowest BCUT2D eigenvalue weighted by Gasteiger charge is -2.32. The lowest BCUT2D eigenvalue weighted by Crippen LogP contribution is -2.44. The van der Waals surface area contributed by atoms with Crippen LogP contribution in [0.3, 0.4) is 0 Å². The Balaban J connectivity index is 1.73. The third-order valence-electron chi connectivity index (χ3n) is 4.66. The van der Waals surface area contributed by atoms with Crippen molar-refractivity contribution in [3.8, 4) is 5.88 Å². The maximum absolute atomic E-state index is 13.1. The van der Waals surface area contributed by atoms with Gasteiger partial charge in [0, 0.05) is 26.7 Å². The van der Waals surface area contributed by atoms with Gasteiger partial charge in [-0.2, -0.15) is 4.31 Å². The van der Waals surface area contributed by atoms with Crippen LogP contribution in [0.2, 0.25) is 0 Å². The van der Waals surface area contributed by atoms with E-state index >= 15 is 0 Å². The highest BCUT2D eigenvalue weighted by molar-refractivity contribution is 7.89. The van der Waals surface area contributed by atoms with E-state index < -0.39 is 10.0 Å². The maximum atomic E-state index is 13.1. The molecule has 0 N–H and O–H groups in total.